The molecule has 2 aliphatic heterocycles. The Bertz CT molecular complexity index is 1070. The van der Waals surface area contributed by atoms with Gasteiger partial charge < -0.3 is 18.9 Å². The molecule has 2 saturated heterocycles. The van der Waals surface area contributed by atoms with Crippen molar-refractivity contribution in [3.63, 3.8) is 0 Å². The predicted molar refractivity (Wildman–Crippen MR) is 127 cm³/mol. The van der Waals surface area contributed by atoms with E-state index in [-0.39, 0.29) is 23.0 Å². The van der Waals surface area contributed by atoms with Crippen molar-refractivity contribution in [1.82, 2.24) is 0 Å². The third-order valence-corrected chi connectivity index (χ3v) is 7.19. The van der Waals surface area contributed by atoms with E-state index in [1.807, 2.05) is 0 Å². The fraction of sp³-hybridized carbons (Fsp3) is 0.379. The Morgan fingerprint density at radius 2 is 1.15 bits per heavy atom. The van der Waals surface area contributed by atoms with Gasteiger partial charge in [-0.15, -0.1) is 0 Å². The van der Waals surface area contributed by atoms with E-state index in [4.69, 9.17) is 18.9 Å². The number of fused-ring (bicyclic) bond motifs is 1. The van der Waals surface area contributed by atoms with Crippen LogP contribution in [0.2, 0.25) is 0 Å². The molecule has 33 heavy (non-hydrogen) atoms. The molecule has 2 heterocycles. The normalized spacial score (nSPS) is 26.5. The summed E-state index contributed by atoms with van der Waals surface area (Å²) in [5, 5.41) is 0. The van der Waals surface area contributed by atoms with Crippen molar-refractivity contribution in [2.24, 2.45) is 0 Å². The molecule has 0 saturated carbocycles. The molecule has 3 aliphatic rings. The summed E-state index contributed by atoms with van der Waals surface area (Å²) in [6.07, 6.45) is 1.52. The molecule has 0 aromatic heterocycles. The second-order valence-corrected chi connectivity index (χ2v) is 10.1. The molecule has 6 rings (SSSR count). The maximum Gasteiger partial charge on any atom is 0.119 e. The van der Waals surface area contributed by atoms with Gasteiger partial charge in [-0.3, -0.25) is 0 Å². The first-order valence-corrected chi connectivity index (χ1v) is 11.8. The predicted octanol–water partition coefficient (Wildman–Crippen LogP) is 5.26. The second kappa shape index (κ2) is 7.89. The first-order chi connectivity index (χ1) is 16.0. The minimum atomic E-state index is -0.226. The smallest absolute Gasteiger partial charge is 0.119 e. The zero-order valence-corrected chi connectivity index (χ0v) is 19.3. The van der Waals surface area contributed by atoms with Crippen molar-refractivity contribution >= 4 is 0 Å². The number of ether oxygens (including phenoxy) is 4. The highest BCUT2D eigenvalue weighted by Crippen LogP contribution is 2.56. The molecule has 3 aromatic rings. The largest absolute Gasteiger partial charge is 0.491 e. The van der Waals surface area contributed by atoms with Gasteiger partial charge in [-0.1, -0.05) is 62.4 Å². The van der Waals surface area contributed by atoms with Crippen molar-refractivity contribution in [2.45, 2.75) is 43.3 Å². The van der Waals surface area contributed by atoms with Crippen LogP contribution in [0.5, 0.6) is 11.5 Å². The van der Waals surface area contributed by atoms with E-state index < -0.39 is 0 Å². The lowest BCUT2D eigenvalue weighted by Crippen LogP contribution is -2.28. The molecule has 2 fully saturated rings. The minimum absolute atomic E-state index is 0.0631. The Morgan fingerprint density at radius 1 is 0.697 bits per heavy atom. The first-order valence-electron chi connectivity index (χ1n) is 11.8. The van der Waals surface area contributed by atoms with Crippen LogP contribution in [0.4, 0.5) is 0 Å². The Morgan fingerprint density at radius 3 is 1.61 bits per heavy atom. The van der Waals surface area contributed by atoms with Crippen molar-refractivity contribution in [1.29, 1.82) is 0 Å². The van der Waals surface area contributed by atoms with Crippen LogP contribution in [0.1, 0.15) is 42.5 Å². The van der Waals surface area contributed by atoms with Gasteiger partial charge in [0, 0.05) is 5.41 Å². The summed E-state index contributed by atoms with van der Waals surface area (Å²) in [6, 6.07) is 26.2. The fourth-order valence-electron chi connectivity index (χ4n) is 5.36. The van der Waals surface area contributed by atoms with Crippen LogP contribution in [-0.4, -0.2) is 38.6 Å². The highest BCUT2D eigenvalue weighted by atomic mass is 16.6. The Balaban J connectivity index is 1.39. The van der Waals surface area contributed by atoms with Crippen molar-refractivity contribution in [3.05, 3.63) is 95.1 Å². The van der Waals surface area contributed by atoms with Crippen molar-refractivity contribution in [3.8, 4) is 11.5 Å². The van der Waals surface area contributed by atoms with E-state index >= 15 is 0 Å². The average Bonchev–Trinajstić information content (AvgIpc) is 3.76. The summed E-state index contributed by atoms with van der Waals surface area (Å²) in [4.78, 5) is 0. The van der Waals surface area contributed by atoms with E-state index in [0.29, 0.717) is 13.2 Å². The zero-order valence-electron chi connectivity index (χ0n) is 19.3. The summed E-state index contributed by atoms with van der Waals surface area (Å²) < 4.78 is 22.4. The van der Waals surface area contributed by atoms with Crippen molar-refractivity contribution in [2.75, 3.05) is 26.4 Å². The fourth-order valence-corrected chi connectivity index (χ4v) is 5.36. The van der Waals surface area contributed by atoms with Crippen molar-refractivity contribution < 1.29 is 18.9 Å². The summed E-state index contributed by atoms with van der Waals surface area (Å²) in [6.45, 7) is 7.56. The van der Waals surface area contributed by atoms with E-state index in [1.165, 1.54) is 22.3 Å². The summed E-state index contributed by atoms with van der Waals surface area (Å²) in [5.74, 6) is 1.78. The van der Waals surface area contributed by atoms with E-state index in [2.05, 4.69) is 86.6 Å². The number of hydrogen-bond donors (Lipinski definition) is 0. The molecule has 3 aromatic carbocycles. The number of rotatable bonds is 8. The van der Waals surface area contributed by atoms with E-state index in [1.54, 1.807) is 0 Å². The monoisotopic (exact) mass is 442 g/mol. The SMILES string of the molecule is CC1(C)CC(c2ccc(OCC3CO3)cc2)(c2ccc(OCC3CO3)cc2)c2ccccc21. The van der Waals surface area contributed by atoms with Gasteiger partial charge in [0.15, 0.2) is 0 Å². The molecule has 4 nitrogen and oxygen atoms in total. The Kier molecular flexibility index (Phi) is 4.97. The van der Waals surface area contributed by atoms with Gasteiger partial charge in [0.2, 0.25) is 0 Å². The Labute approximate surface area is 195 Å². The van der Waals surface area contributed by atoms with Gasteiger partial charge in [0.05, 0.1) is 13.2 Å². The molecular formula is C29H30O4. The van der Waals surface area contributed by atoms with E-state index in [9.17, 15) is 0 Å². The molecule has 2 atom stereocenters. The number of benzene rings is 3. The van der Waals surface area contributed by atoms with Gasteiger partial charge in [-0.2, -0.15) is 0 Å². The molecule has 4 heteroatoms. The standard InChI is InChI=1S/C29H30O4/c1-28(2)19-29(27-6-4-3-5-26(27)28,20-7-11-22(12-8-20)30-15-24-17-32-24)21-9-13-23(14-10-21)31-16-25-18-33-25/h3-14,24-25H,15-19H2,1-2H3. The van der Waals surface area contributed by atoms with Crippen LogP contribution in [-0.2, 0) is 20.3 Å². The topological polar surface area (TPSA) is 43.5 Å². The molecule has 0 spiro atoms. The van der Waals surface area contributed by atoms with Crippen LogP contribution >= 0.6 is 0 Å². The first kappa shape index (κ1) is 20.8. The highest BCUT2D eigenvalue weighted by molar-refractivity contribution is 5.60. The van der Waals surface area contributed by atoms with Crippen LogP contribution in [0.15, 0.2) is 72.8 Å². The summed E-state index contributed by atoms with van der Waals surface area (Å²) in [7, 11) is 0. The van der Waals surface area contributed by atoms with Crippen LogP contribution in [0.25, 0.3) is 0 Å². The third-order valence-electron chi connectivity index (χ3n) is 7.19. The maximum atomic E-state index is 5.91. The zero-order chi connectivity index (χ0) is 22.5. The second-order valence-electron chi connectivity index (χ2n) is 10.1. The van der Waals surface area contributed by atoms with Gasteiger partial charge in [-0.05, 0) is 58.4 Å². The molecule has 0 N–H and O–H groups in total. The molecule has 0 bridgehead atoms. The quantitative estimate of drug-likeness (QED) is 0.447. The van der Waals surface area contributed by atoms with Crippen LogP contribution in [0.3, 0.4) is 0 Å². The van der Waals surface area contributed by atoms with Gasteiger partial charge in [0.1, 0.15) is 36.9 Å². The van der Waals surface area contributed by atoms with Gasteiger partial charge >= 0.3 is 0 Å². The lowest BCUT2D eigenvalue weighted by molar-refractivity contribution is 0.263. The van der Waals surface area contributed by atoms with Crippen LogP contribution < -0.4 is 9.47 Å². The molecule has 0 amide bonds. The van der Waals surface area contributed by atoms with E-state index in [0.717, 1.165) is 31.1 Å². The minimum Gasteiger partial charge on any atom is -0.491 e. The number of hydrogen-bond acceptors (Lipinski definition) is 4. The molecule has 0 radical (unpaired) electrons. The summed E-state index contributed by atoms with van der Waals surface area (Å²) >= 11 is 0. The molecule has 1 aliphatic carbocycles. The lowest BCUT2D eigenvalue weighted by atomic mass is 9.68. The molecular weight excluding hydrogens is 412 g/mol. The third kappa shape index (κ3) is 3.92. The molecule has 170 valence electrons. The summed E-state index contributed by atoms with van der Waals surface area (Å²) in [5.41, 5.74) is 5.22. The highest BCUT2D eigenvalue weighted by Gasteiger charge is 2.49. The lowest BCUT2D eigenvalue weighted by Gasteiger charge is -2.34. The molecule has 2 unspecified atom stereocenters. The maximum absolute atomic E-state index is 5.91. The Hall–Kier alpha value is -2.82. The average molecular weight is 443 g/mol. The van der Waals surface area contributed by atoms with Gasteiger partial charge in [-0.25, -0.2) is 0 Å². The number of epoxide rings is 2. The van der Waals surface area contributed by atoms with Gasteiger partial charge in [0.25, 0.3) is 0 Å². The van der Waals surface area contributed by atoms with Crippen LogP contribution in [0, 0.1) is 0 Å².